The van der Waals surface area contributed by atoms with Crippen LogP contribution < -0.4 is 0 Å². The zero-order valence-corrected chi connectivity index (χ0v) is 23.6. The maximum atomic E-state index is 4.88. The molecule has 0 N–H and O–H groups in total. The minimum absolute atomic E-state index is 0.749. The highest BCUT2D eigenvalue weighted by atomic mass is 14.9. The summed E-state index contributed by atoms with van der Waals surface area (Å²) in [7, 11) is 0. The Kier molecular flexibility index (Phi) is 20.6. The molecule has 0 saturated carbocycles. The Morgan fingerprint density at radius 2 is 0.706 bits per heavy atom. The van der Waals surface area contributed by atoms with Crippen molar-refractivity contribution in [3.8, 4) is 0 Å². The molecular weight excluding hydrogens is 412 g/mol. The third-order valence-corrected chi connectivity index (χ3v) is 7.29. The van der Waals surface area contributed by atoms with Crippen LogP contribution in [0, 0.1) is 6.92 Å². The van der Waals surface area contributed by atoms with Gasteiger partial charge in [0.05, 0.1) is 0 Å². The molecule has 1 radical (unpaired) electrons. The summed E-state index contributed by atoms with van der Waals surface area (Å²) in [4.78, 5) is 9.75. The van der Waals surface area contributed by atoms with Crippen molar-refractivity contribution in [1.29, 1.82) is 0 Å². The highest BCUT2D eigenvalue weighted by molar-refractivity contribution is 5.27. The van der Waals surface area contributed by atoms with Gasteiger partial charge in [0, 0.05) is 18.3 Å². The Balaban J connectivity index is 2.61. The van der Waals surface area contributed by atoms with Crippen molar-refractivity contribution in [1.82, 2.24) is 9.97 Å². The van der Waals surface area contributed by atoms with Crippen molar-refractivity contribution < 1.29 is 0 Å². The van der Waals surface area contributed by atoms with E-state index >= 15 is 0 Å². The van der Waals surface area contributed by atoms with Crippen LogP contribution in [0.5, 0.6) is 0 Å². The van der Waals surface area contributed by atoms with E-state index in [9.17, 15) is 0 Å². The first-order valence-electron chi connectivity index (χ1n) is 15.4. The van der Waals surface area contributed by atoms with Crippen molar-refractivity contribution in [2.24, 2.45) is 0 Å². The molecule has 0 saturated heterocycles. The molecule has 0 aliphatic carbocycles. The second-order valence-corrected chi connectivity index (χ2v) is 10.6. The fourth-order valence-electron chi connectivity index (χ4n) is 5.10. The van der Waals surface area contributed by atoms with Gasteiger partial charge in [-0.3, -0.25) is 0 Å². The van der Waals surface area contributed by atoms with Crippen LogP contribution in [0.2, 0.25) is 0 Å². The second-order valence-electron chi connectivity index (χ2n) is 10.6. The Morgan fingerprint density at radius 1 is 0.412 bits per heavy atom. The molecule has 0 atom stereocenters. The predicted molar refractivity (Wildman–Crippen MR) is 152 cm³/mol. The lowest BCUT2D eigenvalue weighted by atomic mass is 9.96. The zero-order chi connectivity index (χ0) is 24.7. The molecule has 34 heavy (non-hydrogen) atoms. The van der Waals surface area contributed by atoms with E-state index in [1.54, 1.807) is 0 Å². The van der Waals surface area contributed by atoms with Crippen molar-refractivity contribution in [2.45, 2.75) is 175 Å². The molecule has 1 aromatic heterocycles. The van der Waals surface area contributed by atoms with E-state index < -0.39 is 0 Å². The van der Waals surface area contributed by atoms with Crippen molar-refractivity contribution in [3.63, 3.8) is 0 Å². The summed E-state index contributed by atoms with van der Waals surface area (Å²) in [5.41, 5.74) is 4.16. The normalized spacial score (nSPS) is 11.4. The van der Waals surface area contributed by atoms with E-state index in [0.717, 1.165) is 18.7 Å². The van der Waals surface area contributed by atoms with E-state index in [0.29, 0.717) is 0 Å². The lowest BCUT2D eigenvalue weighted by molar-refractivity contribution is 0.572. The molecule has 0 aromatic carbocycles. The van der Waals surface area contributed by atoms with Crippen LogP contribution >= 0.6 is 0 Å². The minimum Gasteiger partial charge on any atom is -0.238 e. The summed E-state index contributed by atoms with van der Waals surface area (Å²) < 4.78 is 0. The summed E-state index contributed by atoms with van der Waals surface area (Å²) in [6.07, 6.45) is 32.0. The lowest BCUT2D eigenvalue weighted by Gasteiger charge is -2.15. The number of hydrogen-bond donors (Lipinski definition) is 0. The minimum atomic E-state index is 0.749. The third-order valence-electron chi connectivity index (χ3n) is 7.29. The van der Waals surface area contributed by atoms with Gasteiger partial charge in [0.1, 0.15) is 5.82 Å². The number of unbranched alkanes of at least 4 members (excludes halogenated alkanes) is 18. The molecule has 197 valence electrons. The van der Waals surface area contributed by atoms with Gasteiger partial charge in [-0.1, -0.05) is 136 Å². The maximum Gasteiger partial charge on any atom is 0.129 e. The highest BCUT2D eigenvalue weighted by Gasteiger charge is 2.13. The molecule has 0 bridgehead atoms. The monoisotopic (exact) mass is 471 g/mol. The third kappa shape index (κ3) is 15.9. The molecule has 0 spiro atoms. The molecule has 1 heterocycles. The summed E-state index contributed by atoms with van der Waals surface area (Å²) in [5, 5.41) is 0. The summed E-state index contributed by atoms with van der Waals surface area (Å²) in [6.45, 7) is 11.0. The van der Waals surface area contributed by atoms with E-state index in [1.165, 1.54) is 158 Å². The van der Waals surface area contributed by atoms with E-state index in [-0.39, 0.29) is 0 Å². The summed E-state index contributed by atoms with van der Waals surface area (Å²) >= 11 is 0. The molecule has 0 amide bonds. The first-order chi connectivity index (χ1) is 16.7. The molecule has 1 aromatic rings. The zero-order valence-electron chi connectivity index (χ0n) is 23.6. The van der Waals surface area contributed by atoms with Crippen LogP contribution in [-0.4, -0.2) is 9.97 Å². The van der Waals surface area contributed by atoms with Gasteiger partial charge in [0.2, 0.25) is 0 Å². The van der Waals surface area contributed by atoms with Gasteiger partial charge in [0.15, 0.2) is 0 Å². The number of nitrogens with zero attached hydrogens (tertiary/aromatic N) is 2. The summed E-state index contributed by atoms with van der Waals surface area (Å²) in [5.74, 6) is 0.749. The standard InChI is InChI=1S/C32H59N2/c1-5-8-11-14-17-20-23-26-30-31(27-24-21-18-15-12-9-6-2)33-29(4)34-32(30)28-25-22-19-16-13-10-7-3/h4-28H2,1-3H3. The Hall–Kier alpha value is -0.920. The average Bonchev–Trinajstić information content (AvgIpc) is 2.83. The van der Waals surface area contributed by atoms with Gasteiger partial charge in [-0.2, -0.15) is 0 Å². The Labute approximate surface area is 214 Å². The number of aryl methyl sites for hydroxylation is 2. The largest absolute Gasteiger partial charge is 0.238 e. The Morgan fingerprint density at radius 3 is 1.06 bits per heavy atom. The molecule has 1 rings (SSSR count). The van der Waals surface area contributed by atoms with Crippen molar-refractivity contribution in [2.75, 3.05) is 0 Å². The van der Waals surface area contributed by atoms with Gasteiger partial charge in [0.25, 0.3) is 0 Å². The number of hydrogen-bond acceptors (Lipinski definition) is 2. The van der Waals surface area contributed by atoms with Crippen LogP contribution in [0.4, 0.5) is 0 Å². The quantitative estimate of drug-likeness (QED) is 0.140. The summed E-state index contributed by atoms with van der Waals surface area (Å²) in [6, 6.07) is 0. The predicted octanol–water partition coefficient (Wildman–Crippen LogP) is 10.5. The average molecular weight is 472 g/mol. The van der Waals surface area contributed by atoms with Gasteiger partial charge in [-0.15, -0.1) is 0 Å². The van der Waals surface area contributed by atoms with Gasteiger partial charge in [-0.05, 0) is 44.1 Å². The van der Waals surface area contributed by atoms with E-state index in [1.807, 2.05) is 0 Å². The van der Waals surface area contributed by atoms with Crippen LogP contribution in [0.1, 0.15) is 178 Å². The van der Waals surface area contributed by atoms with Crippen molar-refractivity contribution in [3.05, 3.63) is 29.7 Å². The van der Waals surface area contributed by atoms with Crippen LogP contribution in [0.15, 0.2) is 0 Å². The molecular formula is C32H59N2. The fraction of sp³-hybridized carbons (Fsp3) is 0.844. The molecule has 0 aliphatic rings. The fourth-order valence-corrected chi connectivity index (χ4v) is 5.10. The van der Waals surface area contributed by atoms with Crippen LogP contribution in [0.25, 0.3) is 0 Å². The Bertz CT molecular complexity index is 541. The highest BCUT2D eigenvalue weighted by Crippen LogP contribution is 2.21. The van der Waals surface area contributed by atoms with Crippen molar-refractivity contribution >= 4 is 0 Å². The topological polar surface area (TPSA) is 25.8 Å². The molecule has 0 aliphatic heterocycles. The first-order valence-corrected chi connectivity index (χ1v) is 15.4. The van der Waals surface area contributed by atoms with Gasteiger partial charge < -0.3 is 0 Å². The molecule has 2 heteroatoms. The SMILES string of the molecule is [CH2]c1nc(CCCCCCCCC)c(CCCCCCCCC)c(CCCCCCCCC)n1. The lowest BCUT2D eigenvalue weighted by Crippen LogP contribution is -2.09. The van der Waals surface area contributed by atoms with E-state index in [4.69, 9.17) is 9.97 Å². The van der Waals surface area contributed by atoms with Crippen LogP contribution in [0.3, 0.4) is 0 Å². The maximum absolute atomic E-state index is 4.88. The second kappa shape index (κ2) is 22.5. The first kappa shape index (κ1) is 31.1. The number of rotatable bonds is 24. The molecule has 0 unspecified atom stereocenters. The van der Waals surface area contributed by atoms with Gasteiger partial charge in [-0.25, -0.2) is 9.97 Å². The number of aromatic nitrogens is 2. The van der Waals surface area contributed by atoms with E-state index in [2.05, 4.69) is 27.7 Å². The molecule has 0 fully saturated rings. The molecule has 2 nitrogen and oxygen atoms in total. The van der Waals surface area contributed by atoms with Crippen LogP contribution in [-0.2, 0) is 19.3 Å². The van der Waals surface area contributed by atoms with Gasteiger partial charge >= 0.3 is 0 Å². The smallest absolute Gasteiger partial charge is 0.129 e.